The summed E-state index contributed by atoms with van der Waals surface area (Å²) in [5, 5.41) is 6.01. The zero-order valence-corrected chi connectivity index (χ0v) is 12.8. The van der Waals surface area contributed by atoms with Gasteiger partial charge in [0.15, 0.2) is 0 Å². The van der Waals surface area contributed by atoms with Crippen LogP contribution in [0, 0.1) is 13.8 Å². The number of aromatic nitrogens is 2. The van der Waals surface area contributed by atoms with E-state index in [1.54, 1.807) is 6.07 Å². The Morgan fingerprint density at radius 3 is 2.33 bits per heavy atom. The number of hydrogen-bond donors (Lipinski definition) is 2. The molecule has 21 heavy (non-hydrogen) atoms. The van der Waals surface area contributed by atoms with Gasteiger partial charge in [0.1, 0.15) is 17.8 Å². The van der Waals surface area contributed by atoms with E-state index in [1.165, 1.54) is 17.5 Å². The van der Waals surface area contributed by atoms with Crippen molar-refractivity contribution in [3.8, 4) is 0 Å². The van der Waals surface area contributed by atoms with Gasteiger partial charge in [-0.25, -0.2) is 9.97 Å². The molecule has 0 aliphatic carbocycles. The fourth-order valence-electron chi connectivity index (χ4n) is 2.08. The topological polar surface area (TPSA) is 66.9 Å². The SMILES string of the molecule is Cc1cc(C)cc(Nc2cc(C(=O)NC(C)C)ncn2)c1. The molecule has 1 aromatic carbocycles. The molecule has 0 aliphatic heterocycles. The molecular weight excluding hydrogens is 264 g/mol. The van der Waals surface area contributed by atoms with Crippen LogP contribution in [0.1, 0.15) is 35.5 Å². The summed E-state index contributed by atoms with van der Waals surface area (Å²) in [7, 11) is 0. The highest BCUT2D eigenvalue weighted by molar-refractivity contribution is 5.93. The predicted molar refractivity (Wildman–Crippen MR) is 83.8 cm³/mol. The number of aryl methyl sites for hydroxylation is 2. The second-order valence-corrected chi connectivity index (χ2v) is 5.42. The van der Waals surface area contributed by atoms with Crippen molar-refractivity contribution >= 4 is 17.4 Å². The van der Waals surface area contributed by atoms with Crippen molar-refractivity contribution in [1.29, 1.82) is 0 Å². The van der Waals surface area contributed by atoms with Crippen molar-refractivity contribution in [2.45, 2.75) is 33.7 Å². The fourth-order valence-corrected chi connectivity index (χ4v) is 2.08. The van der Waals surface area contributed by atoms with E-state index in [0.717, 1.165) is 5.69 Å². The zero-order chi connectivity index (χ0) is 15.4. The molecular formula is C16H20N4O. The molecule has 1 aromatic heterocycles. The molecule has 0 radical (unpaired) electrons. The standard InChI is InChI=1S/C16H20N4O/c1-10(2)19-16(21)14-8-15(18-9-17-14)20-13-6-11(3)5-12(4)7-13/h5-10H,1-4H3,(H,19,21)(H,17,18,20). The van der Waals surface area contributed by atoms with Gasteiger partial charge in [-0.15, -0.1) is 0 Å². The maximum Gasteiger partial charge on any atom is 0.270 e. The minimum Gasteiger partial charge on any atom is -0.349 e. The smallest absolute Gasteiger partial charge is 0.270 e. The first kappa shape index (κ1) is 15.0. The molecule has 5 heteroatoms. The van der Waals surface area contributed by atoms with Crippen LogP contribution in [-0.4, -0.2) is 21.9 Å². The Labute approximate surface area is 124 Å². The van der Waals surface area contributed by atoms with E-state index in [0.29, 0.717) is 11.5 Å². The highest BCUT2D eigenvalue weighted by Crippen LogP contribution is 2.18. The van der Waals surface area contributed by atoms with Crippen molar-refractivity contribution in [3.63, 3.8) is 0 Å². The monoisotopic (exact) mass is 284 g/mol. The second-order valence-electron chi connectivity index (χ2n) is 5.42. The molecule has 2 aromatic rings. The van der Waals surface area contributed by atoms with Gasteiger partial charge in [0.2, 0.25) is 0 Å². The lowest BCUT2D eigenvalue weighted by molar-refractivity contribution is 0.0938. The number of benzene rings is 1. The Bertz CT molecular complexity index is 632. The molecule has 0 fully saturated rings. The lowest BCUT2D eigenvalue weighted by Gasteiger charge is -2.10. The van der Waals surface area contributed by atoms with Crippen LogP contribution in [0.4, 0.5) is 11.5 Å². The minimum atomic E-state index is -0.198. The Morgan fingerprint density at radius 1 is 1.05 bits per heavy atom. The van der Waals surface area contributed by atoms with E-state index in [9.17, 15) is 4.79 Å². The second kappa shape index (κ2) is 6.35. The van der Waals surface area contributed by atoms with Gasteiger partial charge < -0.3 is 10.6 Å². The highest BCUT2D eigenvalue weighted by Gasteiger charge is 2.10. The fraction of sp³-hybridized carbons (Fsp3) is 0.312. The third-order valence-electron chi connectivity index (χ3n) is 2.81. The van der Waals surface area contributed by atoms with Crippen LogP contribution >= 0.6 is 0 Å². The van der Waals surface area contributed by atoms with E-state index < -0.39 is 0 Å². The summed E-state index contributed by atoms with van der Waals surface area (Å²) in [6.45, 7) is 7.90. The van der Waals surface area contributed by atoms with Crippen LogP contribution < -0.4 is 10.6 Å². The number of amides is 1. The normalized spacial score (nSPS) is 10.5. The maximum absolute atomic E-state index is 11.9. The molecule has 110 valence electrons. The first-order valence-corrected chi connectivity index (χ1v) is 6.92. The number of rotatable bonds is 4. The lowest BCUT2D eigenvalue weighted by atomic mass is 10.1. The molecule has 0 unspecified atom stereocenters. The van der Waals surface area contributed by atoms with Gasteiger partial charge >= 0.3 is 0 Å². The summed E-state index contributed by atoms with van der Waals surface area (Å²) >= 11 is 0. The molecule has 0 atom stereocenters. The molecule has 5 nitrogen and oxygen atoms in total. The van der Waals surface area contributed by atoms with E-state index in [2.05, 4.69) is 26.7 Å². The van der Waals surface area contributed by atoms with Gasteiger partial charge in [-0.05, 0) is 51.0 Å². The molecule has 0 saturated carbocycles. The van der Waals surface area contributed by atoms with Crippen LogP contribution in [0.15, 0.2) is 30.6 Å². The Morgan fingerprint density at radius 2 is 1.71 bits per heavy atom. The first-order chi connectivity index (χ1) is 9.94. The molecule has 0 saturated heterocycles. The van der Waals surface area contributed by atoms with Gasteiger partial charge in [-0.3, -0.25) is 4.79 Å². The molecule has 0 spiro atoms. The summed E-state index contributed by atoms with van der Waals surface area (Å²) in [4.78, 5) is 20.1. The Balaban J connectivity index is 2.19. The number of anilines is 2. The quantitative estimate of drug-likeness (QED) is 0.905. The molecule has 0 bridgehead atoms. The number of hydrogen-bond acceptors (Lipinski definition) is 4. The van der Waals surface area contributed by atoms with Crippen molar-refractivity contribution in [1.82, 2.24) is 15.3 Å². The molecule has 0 aliphatic rings. The van der Waals surface area contributed by atoms with Crippen molar-refractivity contribution < 1.29 is 4.79 Å². The van der Waals surface area contributed by atoms with Gasteiger partial charge in [-0.1, -0.05) is 6.07 Å². The Hall–Kier alpha value is -2.43. The summed E-state index contributed by atoms with van der Waals surface area (Å²) < 4.78 is 0. The van der Waals surface area contributed by atoms with E-state index >= 15 is 0 Å². The predicted octanol–water partition coefficient (Wildman–Crippen LogP) is 2.98. The van der Waals surface area contributed by atoms with E-state index in [1.807, 2.05) is 39.8 Å². The lowest BCUT2D eigenvalue weighted by Crippen LogP contribution is -2.30. The third kappa shape index (κ3) is 4.27. The van der Waals surface area contributed by atoms with Gasteiger partial charge in [-0.2, -0.15) is 0 Å². The molecule has 2 rings (SSSR count). The van der Waals surface area contributed by atoms with Gasteiger partial charge in [0.25, 0.3) is 5.91 Å². The summed E-state index contributed by atoms with van der Waals surface area (Å²) in [6.07, 6.45) is 1.39. The summed E-state index contributed by atoms with van der Waals surface area (Å²) in [6, 6.07) is 7.89. The van der Waals surface area contributed by atoms with Crippen LogP contribution in [0.3, 0.4) is 0 Å². The van der Waals surface area contributed by atoms with Crippen LogP contribution in [0.5, 0.6) is 0 Å². The van der Waals surface area contributed by atoms with Gasteiger partial charge in [0, 0.05) is 17.8 Å². The van der Waals surface area contributed by atoms with Crippen molar-refractivity contribution in [2.24, 2.45) is 0 Å². The average molecular weight is 284 g/mol. The average Bonchev–Trinajstić information content (AvgIpc) is 2.37. The number of carbonyl (C=O) groups is 1. The minimum absolute atomic E-state index is 0.0725. The van der Waals surface area contributed by atoms with E-state index in [-0.39, 0.29) is 11.9 Å². The van der Waals surface area contributed by atoms with Crippen LogP contribution in [-0.2, 0) is 0 Å². The third-order valence-corrected chi connectivity index (χ3v) is 2.81. The summed E-state index contributed by atoms with van der Waals surface area (Å²) in [5.41, 5.74) is 3.64. The van der Waals surface area contributed by atoms with Crippen LogP contribution in [0.25, 0.3) is 0 Å². The Kier molecular flexibility index (Phi) is 4.52. The van der Waals surface area contributed by atoms with E-state index in [4.69, 9.17) is 0 Å². The first-order valence-electron chi connectivity index (χ1n) is 6.92. The molecule has 1 amide bonds. The summed E-state index contributed by atoms with van der Waals surface area (Å²) in [5.74, 6) is 0.403. The van der Waals surface area contributed by atoms with Crippen LogP contribution in [0.2, 0.25) is 0 Å². The maximum atomic E-state index is 11.9. The van der Waals surface area contributed by atoms with Crippen molar-refractivity contribution in [3.05, 3.63) is 47.4 Å². The number of nitrogens with zero attached hydrogens (tertiary/aromatic N) is 2. The van der Waals surface area contributed by atoms with Crippen molar-refractivity contribution in [2.75, 3.05) is 5.32 Å². The molecule has 2 N–H and O–H groups in total. The zero-order valence-electron chi connectivity index (χ0n) is 12.8. The number of carbonyl (C=O) groups excluding carboxylic acids is 1. The largest absolute Gasteiger partial charge is 0.349 e. The highest BCUT2D eigenvalue weighted by atomic mass is 16.1. The molecule has 1 heterocycles. The number of nitrogens with one attached hydrogen (secondary N) is 2. The van der Waals surface area contributed by atoms with Gasteiger partial charge in [0.05, 0.1) is 0 Å².